The van der Waals surface area contributed by atoms with Crippen molar-refractivity contribution in [1.29, 1.82) is 0 Å². The van der Waals surface area contributed by atoms with E-state index in [-0.39, 0.29) is 16.8 Å². The molecule has 3 N–H and O–H groups in total. The first-order chi connectivity index (χ1) is 27.4. The van der Waals surface area contributed by atoms with Crippen LogP contribution >= 0.6 is 0 Å². The van der Waals surface area contributed by atoms with E-state index in [1.54, 1.807) is 0 Å². The third-order valence-corrected chi connectivity index (χ3v) is 11.8. The number of nitrogens with two attached hydrogens (primary N) is 1. The summed E-state index contributed by atoms with van der Waals surface area (Å²) in [5.41, 5.74) is 15.5. The zero-order valence-corrected chi connectivity index (χ0v) is 34.7. The highest BCUT2D eigenvalue weighted by Crippen LogP contribution is 2.38. The van der Waals surface area contributed by atoms with Gasteiger partial charge in [-0.25, -0.2) is 9.97 Å². The molecule has 0 saturated heterocycles. The van der Waals surface area contributed by atoms with Gasteiger partial charge in [0, 0.05) is 29.0 Å². The predicted molar refractivity (Wildman–Crippen MR) is 233 cm³/mol. The summed E-state index contributed by atoms with van der Waals surface area (Å²) < 4.78 is 12.5. The number of oxazole rings is 2. The highest BCUT2D eigenvalue weighted by atomic mass is 16.4. The standard InChI is InChI=1S/C47H56N8O2/c1-9-13-14-30(10-2)29-49-44-52-43(48)53-45(54-44)55(35-21-15-31(16-22-35)41-50-37-27-33(46(5,6)11-3)19-25-39(37)56-41)36-23-17-32(18-24-36)42-51-38-28-34(47(7,8)12-4)20-26-40(38)57-42/h15-28,30H,9-14,29H2,1-8H3,(H3,48,49,52,53,54). The summed E-state index contributed by atoms with van der Waals surface area (Å²) in [6.07, 6.45) is 6.63. The van der Waals surface area contributed by atoms with Crippen molar-refractivity contribution >= 4 is 51.4 Å². The maximum atomic E-state index is 6.37. The quantitative estimate of drug-likeness (QED) is 0.0979. The fourth-order valence-corrected chi connectivity index (χ4v) is 6.98. The van der Waals surface area contributed by atoms with Gasteiger partial charge in [0.15, 0.2) is 11.2 Å². The topological polar surface area (TPSA) is 132 Å². The molecule has 3 aromatic heterocycles. The lowest BCUT2D eigenvalue weighted by atomic mass is 9.82. The van der Waals surface area contributed by atoms with Gasteiger partial charge in [-0.15, -0.1) is 0 Å². The van der Waals surface area contributed by atoms with E-state index in [4.69, 9.17) is 29.5 Å². The zero-order valence-electron chi connectivity index (χ0n) is 34.7. The molecule has 57 heavy (non-hydrogen) atoms. The second kappa shape index (κ2) is 16.4. The molecule has 1 atom stereocenters. The summed E-state index contributed by atoms with van der Waals surface area (Å²) >= 11 is 0. The van der Waals surface area contributed by atoms with Gasteiger partial charge in [0.1, 0.15) is 11.0 Å². The summed E-state index contributed by atoms with van der Waals surface area (Å²) in [5, 5.41) is 3.45. The Labute approximate surface area is 336 Å². The lowest BCUT2D eigenvalue weighted by molar-refractivity contribution is 0.472. The zero-order chi connectivity index (χ0) is 40.3. The summed E-state index contributed by atoms with van der Waals surface area (Å²) in [6, 6.07) is 28.7. The maximum Gasteiger partial charge on any atom is 0.241 e. The molecule has 0 aliphatic heterocycles. The number of nitrogens with zero attached hydrogens (tertiary/aromatic N) is 6. The predicted octanol–water partition coefficient (Wildman–Crippen LogP) is 12.5. The number of benzene rings is 4. The molecule has 10 heteroatoms. The van der Waals surface area contributed by atoms with Gasteiger partial charge in [-0.3, -0.25) is 4.90 Å². The van der Waals surface area contributed by atoms with E-state index in [1.807, 2.05) is 65.6 Å². The van der Waals surface area contributed by atoms with E-state index >= 15 is 0 Å². The summed E-state index contributed by atoms with van der Waals surface area (Å²) in [6.45, 7) is 18.6. The van der Waals surface area contributed by atoms with E-state index < -0.39 is 0 Å². The maximum absolute atomic E-state index is 6.37. The summed E-state index contributed by atoms with van der Waals surface area (Å²) in [4.78, 5) is 25.8. The Morgan fingerprint density at radius 3 is 1.61 bits per heavy atom. The molecule has 0 radical (unpaired) electrons. The first-order valence-electron chi connectivity index (χ1n) is 20.5. The van der Waals surface area contributed by atoms with Gasteiger partial charge in [-0.05, 0) is 120 Å². The van der Waals surface area contributed by atoms with Crippen LogP contribution in [0.5, 0.6) is 0 Å². The van der Waals surface area contributed by atoms with Crippen LogP contribution in [0.2, 0.25) is 0 Å². The number of nitrogens with one attached hydrogen (secondary N) is 1. The molecule has 0 amide bonds. The van der Waals surface area contributed by atoms with Crippen molar-refractivity contribution in [2.75, 3.05) is 22.5 Å². The molecule has 0 bridgehead atoms. The second-order valence-corrected chi connectivity index (χ2v) is 16.4. The first kappa shape index (κ1) is 39.5. The van der Waals surface area contributed by atoms with E-state index in [0.29, 0.717) is 29.6 Å². The van der Waals surface area contributed by atoms with Gasteiger partial charge in [-0.1, -0.05) is 86.8 Å². The van der Waals surface area contributed by atoms with Crippen LogP contribution < -0.4 is 16.0 Å². The Balaban J connectivity index is 1.23. The molecule has 7 aromatic rings. The van der Waals surface area contributed by atoms with Crippen molar-refractivity contribution in [3.63, 3.8) is 0 Å². The van der Waals surface area contributed by atoms with Crippen molar-refractivity contribution in [3.8, 4) is 22.9 Å². The fourth-order valence-electron chi connectivity index (χ4n) is 6.98. The van der Waals surface area contributed by atoms with Crippen LogP contribution in [0.1, 0.15) is 105 Å². The molecular weight excluding hydrogens is 709 g/mol. The van der Waals surface area contributed by atoms with Crippen molar-refractivity contribution in [2.24, 2.45) is 5.92 Å². The first-order valence-corrected chi connectivity index (χ1v) is 20.5. The normalized spacial score (nSPS) is 12.7. The lowest BCUT2D eigenvalue weighted by Crippen LogP contribution is -2.19. The Morgan fingerprint density at radius 1 is 0.649 bits per heavy atom. The largest absolute Gasteiger partial charge is 0.436 e. The van der Waals surface area contributed by atoms with Gasteiger partial charge in [0.25, 0.3) is 0 Å². The summed E-state index contributed by atoms with van der Waals surface area (Å²) in [7, 11) is 0. The van der Waals surface area contributed by atoms with Crippen LogP contribution in [0.3, 0.4) is 0 Å². The Bertz CT molecular complexity index is 2310. The van der Waals surface area contributed by atoms with E-state index in [0.717, 1.165) is 76.9 Å². The molecule has 296 valence electrons. The van der Waals surface area contributed by atoms with E-state index in [1.165, 1.54) is 24.0 Å². The van der Waals surface area contributed by atoms with Crippen LogP contribution in [0, 0.1) is 5.92 Å². The van der Waals surface area contributed by atoms with Crippen LogP contribution in [-0.2, 0) is 10.8 Å². The minimum absolute atomic E-state index is 0.0511. The molecule has 7 rings (SSSR count). The van der Waals surface area contributed by atoms with Gasteiger partial charge in [0.2, 0.25) is 29.6 Å². The molecule has 0 spiro atoms. The van der Waals surface area contributed by atoms with Gasteiger partial charge in [-0.2, -0.15) is 15.0 Å². The highest BCUT2D eigenvalue weighted by molar-refractivity contribution is 5.81. The van der Waals surface area contributed by atoms with E-state index in [2.05, 4.69) is 94.9 Å². The van der Waals surface area contributed by atoms with Crippen LogP contribution in [0.4, 0.5) is 29.2 Å². The van der Waals surface area contributed by atoms with E-state index in [9.17, 15) is 0 Å². The Hall–Kier alpha value is -5.77. The minimum Gasteiger partial charge on any atom is -0.436 e. The van der Waals surface area contributed by atoms with Crippen molar-refractivity contribution in [1.82, 2.24) is 24.9 Å². The molecule has 10 nitrogen and oxygen atoms in total. The number of aromatic nitrogens is 5. The second-order valence-electron chi connectivity index (χ2n) is 16.4. The highest BCUT2D eigenvalue weighted by Gasteiger charge is 2.23. The molecule has 1 unspecified atom stereocenters. The number of hydrogen-bond acceptors (Lipinski definition) is 10. The number of nitrogen functional groups attached to an aromatic ring is 1. The molecule has 0 fully saturated rings. The average molecular weight is 765 g/mol. The van der Waals surface area contributed by atoms with Crippen LogP contribution in [0.25, 0.3) is 45.1 Å². The molecule has 0 aliphatic carbocycles. The van der Waals surface area contributed by atoms with Gasteiger partial charge < -0.3 is 19.9 Å². The molecule has 0 aliphatic rings. The molecule has 3 heterocycles. The number of anilines is 5. The smallest absolute Gasteiger partial charge is 0.241 e. The van der Waals surface area contributed by atoms with Gasteiger partial charge >= 0.3 is 0 Å². The van der Waals surface area contributed by atoms with Crippen molar-refractivity contribution in [2.45, 2.75) is 105 Å². The molecular formula is C47H56N8O2. The van der Waals surface area contributed by atoms with Crippen molar-refractivity contribution in [3.05, 3.63) is 96.1 Å². The minimum atomic E-state index is 0.0511. The molecule has 4 aromatic carbocycles. The number of rotatable bonds is 16. The average Bonchev–Trinajstić information content (AvgIpc) is 3.86. The number of unbranched alkanes of at least 4 members (excludes halogenated alkanes) is 1. The lowest BCUT2D eigenvalue weighted by Gasteiger charge is -2.24. The Morgan fingerprint density at radius 2 is 1.16 bits per heavy atom. The number of hydrogen-bond donors (Lipinski definition) is 2. The third kappa shape index (κ3) is 8.50. The van der Waals surface area contributed by atoms with Gasteiger partial charge in [0.05, 0.1) is 0 Å². The van der Waals surface area contributed by atoms with Crippen molar-refractivity contribution < 1.29 is 8.83 Å². The SMILES string of the molecule is CCCCC(CC)CNc1nc(N)nc(N(c2ccc(-c3nc4cc(C(C)(C)CC)ccc4o3)cc2)c2ccc(-c3nc4cc(C(C)(C)CC)ccc4o3)cc2)n1. The van der Waals surface area contributed by atoms with Crippen LogP contribution in [0.15, 0.2) is 93.8 Å². The summed E-state index contributed by atoms with van der Waals surface area (Å²) in [5.74, 6) is 2.61. The molecule has 0 saturated carbocycles. The fraction of sp³-hybridized carbons (Fsp3) is 0.383. The Kier molecular flexibility index (Phi) is 11.3. The monoisotopic (exact) mass is 764 g/mol. The van der Waals surface area contributed by atoms with Crippen LogP contribution in [-0.4, -0.2) is 31.5 Å². The third-order valence-electron chi connectivity index (χ3n) is 11.8. The number of fused-ring (bicyclic) bond motifs is 2.